The van der Waals surface area contributed by atoms with Gasteiger partial charge in [0.15, 0.2) is 16.6 Å². The summed E-state index contributed by atoms with van der Waals surface area (Å²) in [6.07, 6.45) is 3.54. The summed E-state index contributed by atoms with van der Waals surface area (Å²) in [5.41, 5.74) is 5.36. The molecule has 0 bridgehead atoms. The summed E-state index contributed by atoms with van der Waals surface area (Å²) in [5, 5.41) is 4.77. The van der Waals surface area contributed by atoms with E-state index in [0.717, 1.165) is 22.2 Å². The van der Waals surface area contributed by atoms with Crippen LogP contribution in [0.15, 0.2) is 65.7 Å². The van der Waals surface area contributed by atoms with Crippen LogP contribution < -0.4 is 20.3 Å². The lowest BCUT2D eigenvalue weighted by molar-refractivity contribution is 0.172. The summed E-state index contributed by atoms with van der Waals surface area (Å²) in [6, 6.07) is 15.7. The average Bonchev–Trinajstić information content (AvgIpc) is 2.85. The van der Waals surface area contributed by atoms with Crippen molar-refractivity contribution in [2.24, 2.45) is 0 Å². The van der Waals surface area contributed by atoms with Crippen molar-refractivity contribution in [1.29, 1.82) is 0 Å². The molecule has 2 aromatic carbocycles. The van der Waals surface area contributed by atoms with E-state index in [0.29, 0.717) is 54.0 Å². The molecule has 0 amide bonds. The molecule has 35 heavy (non-hydrogen) atoms. The van der Waals surface area contributed by atoms with Gasteiger partial charge in [-0.3, -0.25) is 9.78 Å². The molecule has 5 rings (SSSR count). The van der Waals surface area contributed by atoms with E-state index in [2.05, 4.69) is 28.3 Å². The number of aryl methyl sites for hydroxylation is 2. The Labute approximate surface area is 208 Å². The maximum absolute atomic E-state index is 13.0. The molecule has 0 saturated heterocycles. The van der Waals surface area contributed by atoms with Gasteiger partial charge in [0.2, 0.25) is 0 Å². The largest absolute Gasteiger partial charge is 0.486 e. The van der Waals surface area contributed by atoms with E-state index < -0.39 is 0 Å². The minimum atomic E-state index is -0.167. The second kappa shape index (κ2) is 9.76. The summed E-state index contributed by atoms with van der Waals surface area (Å²) < 4.78 is 11.4. The third kappa shape index (κ3) is 5.12. The molecule has 2 aromatic heterocycles. The number of hydrogen-bond acceptors (Lipinski definition) is 5. The Balaban J connectivity index is 1.47. The molecule has 4 aromatic rings. The number of aromatic nitrogens is 2. The van der Waals surface area contributed by atoms with Crippen LogP contribution in [0.25, 0.3) is 10.9 Å². The van der Waals surface area contributed by atoms with Gasteiger partial charge in [0.25, 0.3) is 5.56 Å². The first kappa shape index (κ1) is 22.9. The Kier molecular flexibility index (Phi) is 6.37. The lowest BCUT2D eigenvalue weighted by atomic mass is 10.1. The average molecular weight is 487 g/mol. The molecule has 0 unspecified atom stereocenters. The van der Waals surface area contributed by atoms with Gasteiger partial charge in [-0.05, 0) is 61.5 Å². The summed E-state index contributed by atoms with van der Waals surface area (Å²) >= 11 is 5.81. The van der Waals surface area contributed by atoms with Crippen molar-refractivity contribution in [3.05, 3.63) is 93.5 Å². The van der Waals surface area contributed by atoms with E-state index in [9.17, 15) is 4.79 Å². The number of anilines is 1. The molecule has 0 radical (unpaired) electrons. The Morgan fingerprint density at radius 2 is 1.89 bits per heavy atom. The summed E-state index contributed by atoms with van der Waals surface area (Å²) in [5.74, 6) is 1.32. The number of fused-ring (bicyclic) bond motifs is 2. The molecule has 8 heteroatoms. The molecule has 178 valence electrons. The van der Waals surface area contributed by atoms with Crippen LogP contribution in [0.5, 0.6) is 11.5 Å². The van der Waals surface area contributed by atoms with Crippen LogP contribution in [0.1, 0.15) is 22.3 Å². The molecule has 0 fully saturated rings. The molecule has 0 spiro atoms. The highest BCUT2D eigenvalue weighted by Gasteiger charge is 2.17. The van der Waals surface area contributed by atoms with E-state index in [-0.39, 0.29) is 5.56 Å². The van der Waals surface area contributed by atoms with Gasteiger partial charge < -0.3 is 24.7 Å². The number of benzene rings is 2. The van der Waals surface area contributed by atoms with Crippen molar-refractivity contribution in [2.75, 3.05) is 18.5 Å². The van der Waals surface area contributed by atoms with Crippen molar-refractivity contribution in [3.63, 3.8) is 0 Å². The summed E-state index contributed by atoms with van der Waals surface area (Å²) in [7, 11) is 0. The third-order valence-electron chi connectivity index (χ3n) is 5.95. The lowest BCUT2D eigenvalue weighted by Gasteiger charge is -2.26. The lowest BCUT2D eigenvalue weighted by Crippen LogP contribution is -2.35. The highest BCUT2D eigenvalue weighted by atomic mass is 32.1. The Bertz CT molecular complexity index is 1450. The summed E-state index contributed by atoms with van der Waals surface area (Å²) in [6.45, 7) is 5.93. The molecule has 0 aliphatic carbocycles. The van der Waals surface area contributed by atoms with Gasteiger partial charge in [-0.15, -0.1) is 0 Å². The fourth-order valence-electron chi connectivity index (χ4n) is 4.17. The molecular formula is C27H26N4O3S. The van der Waals surface area contributed by atoms with Crippen LogP contribution in [0.2, 0.25) is 0 Å². The minimum absolute atomic E-state index is 0.167. The number of ether oxygens (including phenoxy) is 2. The number of H-pyrrole nitrogens is 1. The monoisotopic (exact) mass is 486 g/mol. The van der Waals surface area contributed by atoms with E-state index in [1.807, 2.05) is 54.3 Å². The number of nitrogens with one attached hydrogen (secondary N) is 2. The Morgan fingerprint density at radius 1 is 1.09 bits per heavy atom. The molecule has 2 N–H and O–H groups in total. The van der Waals surface area contributed by atoms with Crippen molar-refractivity contribution in [3.8, 4) is 11.5 Å². The van der Waals surface area contributed by atoms with E-state index in [1.54, 1.807) is 12.4 Å². The van der Waals surface area contributed by atoms with Crippen molar-refractivity contribution in [1.82, 2.24) is 14.9 Å². The van der Waals surface area contributed by atoms with Gasteiger partial charge in [-0.25, -0.2) is 0 Å². The Hall–Kier alpha value is -3.91. The zero-order chi connectivity index (χ0) is 24.4. The molecule has 0 atom stereocenters. The first-order valence-electron chi connectivity index (χ1n) is 11.4. The number of aromatic amines is 1. The Morgan fingerprint density at radius 3 is 2.63 bits per heavy atom. The van der Waals surface area contributed by atoms with Crippen molar-refractivity contribution in [2.45, 2.75) is 26.9 Å². The first-order valence-corrected chi connectivity index (χ1v) is 11.8. The highest BCUT2D eigenvalue weighted by molar-refractivity contribution is 7.80. The fourth-order valence-corrected chi connectivity index (χ4v) is 4.41. The zero-order valence-electron chi connectivity index (χ0n) is 19.6. The second-order valence-corrected chi connectivity index (χ2v) is 9.06. The van der Waals surface area contributed by atoms with Gasteiger partial charge in [-0.2, -0.15) is 0 Å². The van der Waals surface area contributed by atoms with Crippen LogP contribution in [0.4, 0.5) is 5.69 Å². The van der Waals surface area contributed by atoms with E-state index >= 15 is 0 Å². The van der Waals surface area contributed by atoms with E-state index in [4.69, 9.17) is 21.7 Å². The SMILES string of the molecule is Cc1ccc(NC(=S)N(Cc2cccnc2)Cc2cc3cc4c(cc3[nH]c2=O)OCCO4)c(C)c1. The van der Waals surface area contributed by atoms with Gasteiger partial charge in [-0.1, -0.05) is 23.8 Å². The minimum Gasteiger partial charge on any atom is -0.486 e. The van der Waals surface area contributed by atoms with E-state index in [1.165, 1.54) is 5.56 Å². The molecule has 7 nitrogen and oxygen atoms in total. The topological polar surface area (TPSA) is 79.5 Å². The van der Waals surface area contributed by atoms with Crippen LogP contribution in [-0.4, -0.2) is 33.2 Å². The van der Waals surface area contributed by atoms with Crippen LogP contribution in [-0.2, 0) is 13.1 Å². The van der Waals surface area contributed by atoms with Crippen molar-refractivity contribution < 1.29 is 9.47 Å². The quantitative estimate of drug-likeness (QED) is 0.396. The fraction of sp³-hybridized carbons (Fsp3) is 0.222. The van der Waals surface area contributed by atoms with Crippen LogP contribution >= 0.6 is 12.2 Å². The van der Waals surface area contributed by atoms with Gasteiger partial charge in [0, 0.05) is 41.6 Å². The first-order chi connectivity index (χ1) is 17.0. The van der Waals surface area contributed by atoms with Gasteiger partial charge in [0.1, 0.15) is 13.2 Å². The third-order valence-corrected chi connectivity index (χ3v) is 6.31. The van der Waals surface area contributed by atoms with Crippen LogP contribution in [0.3, 0.4) is 0 Å². The van der Waals surface area contributed by atoms with Crippen molar-refractivity contribution >= 4 is 33.9 Å². The molecule has 1 aliphatic rings. The maximum atomic E-state index is 13.0. The number of thiocarbonyl (C=S) groups is 1. The van der Waals surface area contributed by atoms with Gasteiger partial charge in [0.05, 0.1) is 12.1 Å². The molecule has 1 aliphatic heterocycles. The van der Waals surface area contributed by atoms with Gasteiger partial charge >= 0.3 is 0 Å². The van der Waals surface area contributed by atoms with Crippen LogP contribution in [0, 0.1) is 13.8 Å². The standard InChI is InChI=1S/C27H26N4O3S/c1-17-5-6-22(18(2)10-17)30-27(35)31(15-19-4-3-7-28-14-19)16-21-11-20-12-24-25(34-9-8-33-24)13-23(20)29-26(21)32/h3-7,10-14H,8-9,15-16H2,1-2H3,(H,29,32)(H,30,35). The predicted molar refractivity (Wildman–Crippen MR) is 141 cm³/mol. The highest BCUT2D eigenvalue weighted by Crippen LogP contribution is 2.33. The maximum Gasteiger partial charge on any atom is 0.253 e. The number of rotatable bonds is 5. The molecule has 0 saturated carbocycles. The molecular weight excluding hydrogens is 460 g/mol. The predicted octanol–water partition coefficient (Wildman–Crippen LogP) is 4.71. The summed E-state index contributed by atoms with van der Waals surface area (Å²) in [4.78, 5) is 22.2. The molecule has 3 heterocycles. The zero-order valence-corrected chi connectivity index (χ0v) is 20.4. The smallest absolute Gasteiger partial charge is 0.253 e. The second-order valence-electron chi connectivity index (χ2n) is 8.67. The number of pyridine rings is 2. The number of hydrogen-bond donors (Lipinski definition) is 2. The number of nitrogens with zero attached hydrogens (tertiary/aromatic N) is 2. The normalized spacial score (nSPS) is 12.4.